The Morgan fingerprint density at radius 1 is 1.03 bits per heavy atom. The number of amides is 2. The molecule has 0 saturated heterocycles. The molecule has 7 nitrogen and oxygen atoms in total. The molecule has 8 heteroatoms. The second-order valence-corrected chi connectivity index (χ2v) is 9.78. The molecular weight excluding hydrogens is 450 g/mol. The van der Waals surface area contributed by atoms with Crippen LogP contribution in [0.2, 0.25) is 0 Å². The quantitative estimate of drug-likeness (QED) is 0.438. The lowest BCUT2D eigenvalue weighted by molar-refractivity contribution is -0.121. The molecule has 2 aromatic heterocycles. The maximum Gasteiger partial charge on any atom is 0.297 e. The molecule has 0 saturated carbocycles. The van der Waals surface area contributed by atoms with E-state index in [2.05, 4.69) is 4.98 Å². The van der Waals surface area contributed by atoms with Gasteiger partial charge in [-0.05, 0) is 38.5 Å². The molecule has 0 radical (unpaired) electrons. The first-order valence-electron chi connectivity index (χ1n) is 11.2. The van der Waals surface area contributed by atoms with Gasteiger partial charge in [-0.1, -0.05) is 37.3 Å². The van der Waals surface area contributed by atoms with Gasteiger partial charge >= 0.3 is 0 Å². The van der Waals surface area contributed by atoms with Gasteiger partial charge in [-0.3, -0.25) is 19.3 Å². The van der Waals surface area contributed by atoms with Gasteiger partial charge < -0.3 is 9.32 Å². The van der Waals surface area contributed by atoms with Gasteiger partial charge in [0.15, 0.2) is 16.1 Å². The van der Waals surface area contributed by atoms with E-state index in [0.29, 0.717) is 33.9 Å². The van der Waals surface area contributed by atoms with Crippen LogP contribution in [0.1, 0.15) is 45.6 Å². The molecule has 1 atom stereocenters. The van der Waals surface area contributed by atoms with Gasteiger partial charge in [0.25, 0.3) is 11.8 Å². The average molecular weight is 472 g/mol. The Morgan fingerprint density at radius 2 is 1.76 bits per heavy atom. The van der Waals surface area contributed by atoms with Crippen molar-refractivity contribution in [2.75, 3.05) is 16.3 Å². The van der Waals surface area contributed by atoms with Crippen molar-refractivity contribution < 1.29 is 14.0 Å². The smallest absolute Gasteiger partial charge is 0.297 e. The summed E-state index contributed by atoms with van der Waals surface area (Å²) >= 11 is 1.33. The van der Waals surface area contributed by atoms with Crippen molar-refractivity contribution in [1.82, 2.24) is 4.98 Å². The van der Waals surface area contributed by atoms with Gasteiger partial charge in [0.1, 0.15) is 5.58 Å². The molecule has 0 fully saturated rings. The van der Waals surface area contributed by atoms with E-state index < -0.39 is 11.4 Å². The number of hydrogen-bond donors (Lipinski definition) is 0. The fraction of sp³-hybridized carbons (Fsp3) is 0.231. The molecule has 0 bridgehead atoms. The molecule has 2 aliphatic heterocycles. The van der Waals surface area contributed by atoms with E-state index >= 15 is 0 Å². The first-order chi connectivity index (χ1) is 16.4. The van der Waals surface area contributed by atoms with Gasteiger partial charge in [0, 0.05) is 17.0 Å². The second-order valence-electron chi connectivity index (χ2n) is 8.59. The highest BCUT2D eigenvalue weighted by Crippen LogP contribution is 2.54. The van der Waals surface area contributed by atoms with Crippen molar-refractivity contribution in [3.05, 3.63) is 86.2 Å². The van der Waals surface area contributed by atoms with Gasteiger partial charge in [-0.2, -0.15) is 0 Å². The van der Waals surface area contributed by atoms with E-state index in [1.807, 2.05) is 45.0 Å². The lowest BCUT2D eigenvalue weighted by Gasteiger charge is -2.32. The van der Waals surface area contributed by atoms with Crippen molar-refractivity contribution >= 4 is 44.9 Å². The number of benzene rings is 2. The Balaban J connectivity index is 1.78. The number of carbonyl (C=O) groups excluding carboxylic acids is 2. The van der Waals surface area contributed by atoms with Crippen molar-refractivity contribution in [1.29, 1.82) is 0 Å². The van der Waals surface area contributed by atoms with Crippen molar-refractivity contribution in [3.8, 4) is 0 Å². The van der Waals surface area contributed by atoms with Crippen LogP contribution in [0.5, 0.6) is 0 Å². The van der Waals surface area contributed by atoms with Crippen LogP contribution >= 0.6 is 11.3 Å². The van der Waals surface area contributed by atoms with E-state index in [9.17, 15) is 14.4 Å². The number of aromatic nitrogens is 1. The number of thiazole rings is 1. The highest BCUT2D eigenvalue weighted by atomic mass is 32.1. The summed E-state index contributed by atoms with van der Waals surface area (Å²) in [6, 6.07) is 14.2. The maximum absolute atomic E-state index is 14.4. The molecule has 170 valence electrons. The Bertz CT molecular complexity index is 1570. The molecule has 1 spiro atoms. The van der Waals surface area contributed by atoms with Crippen LogP contribution in [0.4, 0.5) is 10.8 Å². The fourth-order valence-electron chi connectivity index (χ4n) is 5.11. The number of anilines is 2. The van der Waals surface area contributed by atoms with Crippen LogP contribution < -0.4 is 15.2 Å². The van der Waals surface area contributed by atoms with Crippen molar-refractivity contribution in [3.63, 3.8) is 0 Å². The third-order valence-corrected chi connectivity index (χ3v) is 7.75. The maximum atomic E-state index is 14.4. The van der Waals surface area contributed by atoms with Crippen LogP contribution in [0, 0.1) is 13.8 Å². The predicted molar refractivity (Wildman–Crippen MR) is 131 cm³/mol. The van der Waals surface area contributed by atoms with Crippen molar-refractivity contribution in [2.45, 2.75) is 32.7 Å². The normalized spacial score (nSPS) is 18.9. The van der Waals surface area contributed by atoms with Crippen LogP contribution in [0.25, 0.3) is 11.0 Å². The Labute approximate surface area is 199 Å². The standard InChI is InChI=1S/C26H21N3O4S/c1-4-13-28-18-11-7-6-10-17(18)26(24(28)32)20-21(30)16-9-5-8-12-19(16)33-22(20)23(31)29(26)25-27-14(2)15(3)34-25/h5-12H,4,13H2,1-3H3. The zero-order chi connectivity index (χ0) is 23.8. The predicted octanol–water partition coefficient (Wildman–Crippen LogP) is 4.53. The molecular formula is C26H21N3O4S. The number of carbonyl (C=O) groups is 2. The molecule has 34 heavy (non-hydrogen) atoms. The van der Waals surface area contributed by atoms with Crippen LogP contribution in [0.3, 0.4) is 0 Å². The number of hydrogen-bond acceptors (Lipinski definition) is 6. The third-order valence-electron chi connectivity index (χ3n) is 6.69. The Hall–Kier alpha value is -3.78. The Kier molecular flexibility index (Phi) is 4.35. The Morgan fingerprint density at radius 3 is 2.50 bits per heavy atom. The average Bonchev–Trinajstić information content (AvgIpc) is 3.39. The summed E-state index contributed by atoms with van der Waals surface area (Å²) in [7, 11) is 0. The van der Waals surface area contributed by atoms with E-state index in [-0.39, 0.29) is 22.7 Å². The van der Waals surface area contributed by atoms with Crippen LogP contribution in [0.15, 0.2) is 57.7 Å². The number of nitrogens with zero attached hydrogens (tertiary/aromatic N) is 3. The zero-order valence-corrected chi connectivity index (χ0v) is 19.7. The molecule has 2 amide bonds. The number of para-hydroxylation sites is 2. The summed E-state index contributed by atoms with van der Waals surface area (Å²) in [5.41, 5.74) is 0.391. The minimum atomic E-state index is -1.67. The molecule has 2 aliphatic rings. The fourth-order valence-corrected chi connectivity index (χ4v) is 6.07. The molecule has 0 N–H and O–H groups in total. The van der Waals surface area contributed by atoms with E-state index in [1.165, 1.54) is 16.2 Å². The number of fused-ring (bicyclic) bond motifs is 5. The molecule has 4 heterocycles. The lowest BCUT2D eigenvalue weighted by Crippen LogP contribution is -2.53. The number of rotatable bonds is 3. The second kappa shape index (κ2) is 7.11. The van der Waals surface area contributed by atoms with E-state index in [1.54, 1.807) is 29.2 Å². The lowest BCUT2D eigenvalue weighted by atomic mass is 9.84. The van der Waals surface area contributed by atoms with Crippen LogP contribution in [-0.4, -0.2) is 23.3 Å². The highest BCUT2D eigenvalue weighted by Gasteiger charge is 2.66. The summed E-state index contributed by atoms with van der Waals surface area (Å²) in [4.78, 5) is 51.0. The molecule has 0 aliphatic carbocycles. The minimum absolute atomic E-state index is 0.0674. The summed E-state index contributed by atoms with van der Waals surface area (Å²) in [6.45, 7) is 6.23. The summed E-state index contributed by atoms with van der Waals surface area (Å²) in [5.74, 6) is -0.973. The first kappa shape index (κ1) is 20.8. The minimum Gasteiger partial charge on any atom is -0.450 e. The van der Waals surface area contributed by atoms with Gasteiger partial charge in [-0.25, -0.2) is 4.98 Å². The SMILES string of the molecule is CCCN1C(=O)C2(c3ccccc31)c1c(oc3ccccc3c1=O)C(=O)N2c1nc(C)c(C)s1. The zero-order valence-electron chi connectivity index (χ0n) is 18.9. The third kappa shape index (κ3) is 2.41. The van der Waals surface area contributed by atoms with Gasteiger partial charge in [0.2, 0.25) is 5.76 Å². The molecule has 4 aromatic rings. The number of aryl methyl sites for hydroxylation is 2. The topological polar surface area (TPSA) is 83.7 Å². The summed E-state index contributed by atoms with van der Waals surface area (Å²) in [6.07, 6.45) is 0.721. The van der Waals surface area contributed by atoms with E-state index in [0.717, 1.165) is 17.0 Å². The van der Waals surface area contributed by atoms with Crippen molar-refractivity contribution in [2.24, 2.45) is 0 Å². The summed E-state index contributed by atoms with van der Waals surface area (Å²) < 4.78 is 6.05. The first-order valence-corrected chi connectivity index (χ1v) is 12.0. The monoisotopic (exact) mass is 471 g/mol. The summed E-state index contributed by atoms with van der Waals surface area (Å²) in [5, 5.41) is 0.706. The molecule has 2 aromatic carbocycles. The van der Waals surface area contributed by atoms with E-state index in [4.69, 9.17) is 4.42 Å². The van der Waals surface area contributed by atoms with Gasteiger partial charge in [-0.15, -0.1) is 11.3 Å². The van der Waals surface area contributed by atoms with Gasteiger partial charge in [0.05, 0.1) is 22.3 Å². The van der Waals surface area contributed by atoms with Crippen LogP contribution in [-0.2, 0) is 10.3 Å². The largest absolute Gasteiger partial charge is 0.450 e. The molecule has 1 unspecified atom stereocenters. The molecule has 6 rings (SSSR count). The highest BCUT2D eigenvalue weighted by molar-refractivity contribution is 7.16.